The van der Waals surface area contributed by atoms with Crippen LogP contribution in [0, 0.1) is 5.92 Å². The number of hydrogen-bond acceptors (Lipinski definition) is 3. The van der Waals surface area contributed by atoms with Crippen LogP contribution in [0.4, 0.5) is 0 Å². The molecule has 20 heavy (non-hydrogen) atoms. The van der Waals surface area contributed by atoms with E-state index < -0.39 is 0 Å². The van der Waals surface area contributed by atoms with Gasteiger partial charge in [-0.15, -0.1) is 0 Å². The monoisotopic (exact) mass is 283 g/mol. The molecule has 0 heterocycles. The van der Waals surface area contributed by atoms with Gasteiger partial charge in [0.05, 0.1) is 0 Å². The molecule has 0 radical (unpaired) electrons. The number of nitrogens with one attached hydrogen (secondary N) is 1. The van der Waals surface area contributed by atoms with Gasteiger partial charge in [0.1, 0.15) is 0 Å². The lowest BCUT2D eigenvalue weighted by Gasteiger charge is -2.30. The smallest absolute Gasteiger partial charge is 0.220 e. The van der Waals surface area contributed by atoms with E-state index in [1.807, 2.05) is 0 Å². The Morgan fingerprint density at radius 3 is 2.20 bits per heavy atom. The number of carbonyl (C=O) groups excluding carboxylic acids is 1. The third-order valence-corrected chi connectivity index (χ3v) is 4.38. The van der Waals surface area contributed by atoms with E-state index in [9.17, 15) is 4.79 Å². The molecule has 0 atom stereocenters. The minimum absolute atomic E-state index is 0.206. The number of amides is 1. The van der Waals surface area contributed by atoms with E-state index in [1.165, 1.54) is 0 Å². The number of rotatable bonds is 7. The second-order valence-corrected chi connectivity index (χ2v) is 6.76. The molecule has 1 saturated carbocycles. The van der Waals surface area contributed by atoms with Crippen LogP contribution in [0.2, 0.25) is 0 Å². The van der Waals surface area contributed by atoms with E-state index in [0.717, 1.165) is 38.8 Å². The Morgan fingerprint density at radius 2 is 1.70 bits per heavy atom. The molecule has 4 heteroatoms. The zero-order chi connectivity index (χ0) is 15.1. The van der Waals surface area contributed by atoms with Crippen molar-refractivity contribution in [1.82, 2.24) is 10.2 Å². The lowest BCUT2D eigenvalue weighted by molar-refractivity contribution is -0.122. The molecule has 1 aliphatic rings. The summed E-state index contributed by atoms with van der Waals surface area (Å²) < 4.78 is 0. The summed E-state index contributed by atoms with van der Waals surface area (Å²) in [5.74, 6) is 0.749. The minimum atomic E-state index is 0.206. The first kappa shape index (κ1) is 17.4. The van der Waals surface area contributed by atoms with Crippen molar-refractivity contribution in [2.45, 2.75) is 77.9 Å². The molecule has 4 nitrogen and oxygen atoms in total. The van der Waals surface area contributed by atoms with Crippen LogP contribution in [-0.4, -0.2) is 42.0 Å². The Bertz CT molecular complexity index is 275. The third-order valence-electron chi connectivity index (χ3n) is 4.38. The Kier molecular flexibility index (Phi) is 7.52. The maximum absolute atomic E-state index is 12.0. The van der Waals surface area contributed by atoms with E-state index in [0.29, 0.717) is 30.5 Å². The summed E-state index contributed by atoms with van der Waals surface area (Å²) in [6.07, 6.45) is 5.05. The molecule has 0 aromatic carbocycles. The number of nitrogens with zero attached hydrogens (tertiary/aromatic N) is 1. The van der Waals surface area contributed by atoms with Crippen LogP contribution in [0.5, 0.6) is 0 Å². The van der Waals surface area contributed by atoms with Gasteiger partial charge in [0.25, 0.3) is 0 Å². The van der Waals surface area contributed by atoms with E-state index in [2.05, 4.69) is 37.9 Å². The Morgan fingerprint density at radius 1 is 1.15 bits per heavy atom. The van der Waals surface area contributed by atoms with Crippen molar-refractivity contribution in [3.05, 3.63) is 0 Å². The summed E-state index contributed by atoms with van der Waals surface area (Å²) in [4.78, 5) is 14.4. The average Bonchev–Trinajstić information content (AvgIpc) is 2.36. The molecule has 1 amide bonds. The molecule has 0 spiro atoms. The van der Waals surface area contributed by atoms with Crippen molar-refractivity contribution >= 4 is 5.91 Å². The van der Waals surface area contributed by atoms with Crippen LogP contribution in [0.15, 0.2) is 0 Å². The Hall–Kier alpha value is -0.610. The molecule has 0 aliphatic heterocycles. The van der Waals surface area contributed by atoms with Crippen LogP contribution in [-0.2, 0) is 4.79 Å². The highest BCUT2D eigenvalue weighted by Gasteiger charge is 2.21. The van der Waals surface area contributed by atoms with Gasteiger partial charge in [0.15, 0.2) is 0 Å². The van der Waals surface area contributed by atoms with Crippen molar-refractivity contribution in [3.8, 4) is 0 Å². The zero-order valence-corrected chi connectivity index (χ0v) is 13.7. The fourth-order valence-electron chi connectivity index (χ4n) is 3.16. The van der Waals surface area contributed by atoms with Gasteiger partial charge in [0.2, 0.25) is 5.91 Å². The Labute approximate surface area is 124 Å². The molecule has 0 saturated heterocycles. The highest BCUT2D eigenvalue weighted by atomic mass is 16.1. The van der Waals surface area contributed by atoms with Gasteiger partial charge < -0.3 is 11.1 Å². The molecular weight excluding hydrogens is 250 g/mol. The molecule has 118 valence electrons. The summed E-state index contributed by atoms with van der Waals surface area (Å²) in [6, 6.07) is 1.40. The van der Waals surface area contributed by atoms with Gasteiger partial charge in [-0.2, -0.15) is 0 Å². The first-order valence-corrected chi connectivity index (χ1v) is 8.18. The van der Waals surface area contributed by atoms with Crippen LogP contribution in [0.3, 0.4) is 0 Å². The zero-order valence-electron chi connectivity index (χ0n) is 13.7. The standard InChI is InChI=1S/C16H33N3O/c1-12(2)19(13(3)4)10-9-18-16(20)11-14-5-7-15(17)8-6-14/h12-15H,5-11,17H2,1-4H3,(H,18,20). The lowest BCUT2D eigenvalue weighted by atomic mass is 9.84. The van der Waals surface area contributed by atoms with Crippen molar-refractivity contribution < 1.29 is 4.79 Å². The van der Waals surface area contributed by atoms with Crippen molar-refractivity contribution in [2.24, 2.45) is 11.7 Å². The molecule has 0 unspecified atom stereocenters. The molecule has 1 fully saturated rings. The highest BCUT2D eigenvalue weighted by Crippen LogP contribution is 2.25. The van der Waals surface area contributed by atoms with Gasteiger partial charge >= 0.3 is 0 Å². The molecule has 1 rings (SSSR count). The fraction of sp³-hybridized carbons (Fsp3) is 0.938. The van der Waals surface area contributed by atoms with Crippen molar-refractivity contribution in [1.29, 1.82) is 0 Å². The van der Waals surface area contributed by atoms with Crippen LogP contribution < -0.4 is 11.1 Å². The number of hydrogen-bond donors (Lipinski definition) is 2. The Balaban J connectivity index is 2.19. The second kappa shape index (κ2) is 8.63. The second-order valence-electron chi connectivity index (χ2n) is 6.76. The maximum atomic E-state index is 12.0. The van der Waals surface area contributed by atoms with Crippen LogP contribution >= 0.6 is 0 Å². The summed E-state index contributed by atoms with van der Waals surface area (Å²) in [6.45, 7) is 10.5. The predicted molar refractivity (Wildman–Crippen MR) is 84.5 cm³/mol. The predicted octanol–water partition coefficient (Wildman–Crippen LogP) is 2.13. The van der Waals surface area contributed by atoms with Gasteiger partial charge in [-0.05, 0) is 59.3 Å². The van der Waals surface area contributed by atoms with Gasteiger partial charge in [-0.25, -0.2) is 0 Å². The van der Waals surface area contributed by atoms with E-state index in [-0.39, 0.29) is 5.91 Å². The summed E-state index contributed by atoms with van der Waals surface area (Å²) >= 11 is 0. The normalized spacial score (nSPS) is 23.6. The average molecular weight is 283 g/mol. The van der Waals surface area contributed by atoms with Gasteiger partial charge in [-0.1, -0.05) is 0 Å². The topological polar surface area (TPSA) is 58.4 Å². The number of nitrogens with two attached hydrogens (primary N) is 1. The lowest BCUT2D eigenvalue weighted by Crippen LogP contribution is -2.42. The van der Waals surface area contributed by atoms with Gasteiger partial charge in [0, 0.05) is 37.6 Å². The highest BCUT2D eigenvalue weighted by molar-refractivity contribution is 5.76. The van der Waals surface area contributed by atoms with Crippen LogP contribution in [0.25, 0.3) is 0 Å². The van der Waals surface area contributed by atoms with E-state index in [1.54, 1.807) is 0 Å². The SMILES string of the molecule is CC(C)N(CCNC(=O)CC1CCC(N)CC1)C(C)C. The summed E-state index contributed by atoms with van der Waals surface area (Å²) in [7, 11) is 0. The van der Waals surface area contributed by atoms with Crippen LogP contribution in [0.1, 0.15) is 59.8 Å². The van der Waals surface area contributed by atoms with E-state index >= 15 is 0 Å². The molecule has 0 aromatic heterocycles. The van der Waals surface area contributed by atoms with E-state index in [4.69, 9.17) is 5.73 Å². The number of carbonyl (C=O) groups is 1. The fourth-order valence-corrected chi connectivity index (χ4v) is 3.16. The molecule has 1 aliphatic carbocycles. The maximum Gasteiger partial charge on any atom is 0.220 e. The summed E-state index contributed by atoms with van der Waals surface area (Å²) in [5, 5.41) is 3.07. The van der Waals surface area contributed by atoms with Gasteiger partial charge in [-0.3, -0.25) is 9.69 Å². The molecule has 0 bridgehead atoms. The third kappa shape index (κ3) is 6.23. The molecule has 3 N–H and O–H groups in total. The first-order chi connectivity index (χ1) is 9.40. The largest absolute Gasteiger partial charge is 0.355 e. The molecular formula is C16H33N3O. The van der Waals surface area contributed by atoms with Crippen molar-refractivity contribution in [2.75, 3.05) is 13.1 Å². The first-order valence-electron chi connectivity index (χ1n) is 8.18. The van der Waals surface area contributed by atoms with Crippen molar-refractivity contribution in [3.63, 3.8) is 0 Å². The minimum Gasteiger partial charge on any atom is -0.355 e. The molecule has 0 aromatic rings. The quantitative estimate of drug-likeness (QED) is 0.752. The summed E-state index contributed by atoms with van der Waals surface area (Å²) in [5.41, 5.74) is 5.89.